The molecule has 17 nitrogen and oxygen atoms in total. The van der Waals surface area contributed by atoms with Gasteiger partial charge in [-0.25, -0.2) is 19.6 Å². The van der Waals surface area contributed by atoms with Crippen LogP contribution in [0.1, 0.15) is 117 Å². The van der Waals surface area contributed by atoms with Crippen molar-refractivity contribution in [3.63, 3.8) is 0 Å². The molecule has 4 saturated heterocycles. The van der Waals surface area contributed by atoms with Gasteiger partial charge in [0.1, 0.15) is 23.0 Å². The minimum Gasteiger partial charge on any atom is -0.426 e. The van der Waals surface area contributed by atoms with Crippen LogP contribution in [0.15, 0.2) is 12.4 Å². The SMILES string of the molecule is CC1(O[Si](C)(C)C)CC1.O=C(OC(C(F)(F)F)C(F)(F)F)N1CCC2(CCCN2C(=O)c2cn3c(n2)CN(C2CC2)CC3)CC1.O=C(OC(C(F)(F)F)C(F)(F)F)N1CCC2(CCCN2C(=O)c2cn3c(n2)CNCC3)CC1. The number of carbonyl (C=O) groups is 4. The van der Waals surface area contributed by atoms with E-state index < -0.39 is 68.5 Å². The smallest absolute Gasteiger partial charge is 0.426 e. The Hall–Kier alpha value is -4.84. The van der Waals surface area contributed by atoms with E-state index in [-0.39, 0.29) is 63.7 Å². The zero-order valence-corrected chi connectivity index (χ0v) is 44.8. The predicted molar refractivity (Wildman–Crippen MR) is 254 cm³/mol. The van der Waals surface area contributed by atoms with E-state index in [1.54, 1.807) is 22.2 Å². The topological polar surface area (TPSA) is 160 Å². The highest BCUT2D eigenvalue weighted by Gasteiger charge is 2.62. The maximum Gasteiger partial charge on any atom is 0.434 e. The number of ether oxygens (including phenoxy) is 2. The number of amides is 4. The van der Waals surface area contributed by atoms with Crippen LogP contribution in [0.4, 0.5) is 62.3 Å². The van der Waals surface area contributed by atoms with Crippen LogP contribution in [-0.4, -0.2) is 188 Å². The summed E-state index contributed by atoms with van der Waals surface area (Å²) in [7, 11) is -1.23. The Balaban J connectivity index is 0.000000178. The van der Waals surface area contributed by atoms with Crippen molar-refractivity contribution in [2.45, 2.75) is 189 Å². The summed E-state index contributed by atoms with van der Waals surface area (Å²) >= 11 is 0. The summed E-state index contributed by atoms with van der Waals surface area (Å²) < 4.78 is 170. The fraction of sp³-hybridized carbons (Fsp3) is 0.792. The van der Waals surface area contributed by atoms with E-state index >= 15 is 0 Å². The lowest BCUT2D eigenvalue weighted by molar-refractivity contribution is -0.309. The molecule has 30 heteroatoms. The number of halogens is 12. The second-order valence-corrected chi connectivity index (χ2v) is 27.2. The fourth-order valence-electron chi connectivity index (χ4n) is 11.5. The van der Waals surface area contributed by atoms with E-state index in [1.165, 1.54) is 25.7 Å². The van der Waals surface area contributed by atoms with Crippen molar-refractivity contribution < 1.29 is 85.8 Å². The number of hydrogen-bond acceptors (Lipinski definition) is 11. The number of fused-ring (bicyclic) bond motifs is 2. The van der Waals surface area contributed by atoms with Gasteiger partial charge in [0.05, 0.1) is 18.7 Å². The molecular weight excluding hydrogens is 1080 g/mol. The van der Waals surface area contributed by atoms with Gasteiger partial charge >= 0.3 is 36.9 Å². The fourth-order valence-corrected chi connectivity index (χ4v) is 13.1. The third-order valence-corrected chi connectivity index (χ3v) is 16.8. The quantitative estimate of drug-likeness (QED) is 0.209. The molecule has 2 aromatic heterocycles. The van der Waals surface area contributed by atoms with E-state index in [2.05, 4.69) is 56.2 Å². The normalized spacial score (nSPS) is 22.2. The number of likely N-dealkylation sites (tertiary alicyclic amines) is 4. The first kappa shape index (κ1) is 59.3. The van der Waals surface area contributed by atoms with Gasteiger partial charge in [0.25, 0.3) is 24.0 Å². The molecule has 0 atom stereocenters. The zero-order valence-electron chi connectivity index (χ0n) is 43.8. The number of imidazole rings is 2. The molecule has 0 aromatic carbocycles. The third-order valence-electron chi connectivity index (χ3n) is 15.7. The summed E-state index contributed by atoms with van der Waals surface area (Å²) in [6.45, 7) is 13.8. The van der Waals surface area contributed by atoms with E-state index in [1.807, 2.05) is 9.13 Å². The first-order valence-electron chi connectivity index (χ1n) is 26.3. The van der Waals surface area contributed by atoms with Crippen molar-refractivity contribution in [3.05, 3.63) is 35.4 Å². The first-order valence-corrected chi connectivity index (χ1v) is 29.7. The molecule has 0 unspecified atom stereocenters. The molecule has 4 amide bonds. The number of rotatable bonds is 7. The molecule has 8 aliphatic rings. The molecule has 6 fully saturated rings. The van der Waals surface area contributed by atoms with E-state index in [9.17, 15) is 71.9 Å². The highest BCUT2D eigenvalue weighted by Crippen LogP contribution is 2.44. The van der Waals surface area contributed by atoms with Crippen molar-refractivity contribution in [2.75, 3.05) is 52.4 Å². The molecule has 0 radical (unpaired) electrons. The number of aromatic nitrogens is 4. The minimum absolute atomic E-state index is 0.110. The van der Waals surface area contributed by atoms with Crippen LogP contribution < -0.4 is 5.32 Å². The lowest BCUT2D eigenvalue weighted by Crippen LogP contribution is -2.56. The maximum atomic E-state index is 13.4. The molecule has 10 rings (SSSR count). The first-order chi connectivity index (χ1) is 36.2. The van der Waals surface area contributed by atoms with Gasteiger partial charge < -0.3 is 48.0 Å². The van der Waals surface area contributed by atoms with Crippen LogP contribution in [0.3, 0.4) is 0 Å². The molecule has 6 aliphatic heterocycles. The van der Waals surface area contributed by atoms with Crippen molar-refractivity contribution in [1.29, 1.82) is 0 Å². The summed E-state index contributed by atoms with van der Waals surface area (Å²) in [4.78, 5) is 67.3. The number of nitrogens with one attached hydrogen (secondary N) is 1. The van der Waals surface area contributed by atoms with Gasteiger partial charge in [0.15, 0.2) is 8.32 Å². The molecule has 2 aliphatic carbocycles. The number of hydrogen-bond donors (Lipinski definition) is 1. The zero-order chi connectivity index (χ0) is 57.0. The molecule has 0 bridgehead atoms. The number of carbonyl (C=O) groups excluding carboxylic acids is 4. The third kappa shape index (κ3) is 13.8. The Labute approximate surface area is 443 Å². The van der Waals surface area contributed by atoms with E-state index in [4.69, 9.17) is 4.43 Å². The monoisotopic (exact) mass is 1150 g/mol. The maximum absolute atomic E-state index is 13.4. The molecular formula is C48H66F12N10O7Si. The van der Waals surface area contributed by atoms with Crippen LogP contribution in [0.2, 0.25) is 19.6 Å². The predicted octanol–water partition coefficient (Wildman–Crippen LogP) is 8.64. The molecule has 8 heterocycles. The summed E-state index contributed by atoms with van der Waals surface area (Å²) in [5.41, 5.74) is -0.307. The Kier molecular flexibility index (Phi) is 16.6. The molecule has 1 N–H and O–H groups in total. The average Bonchev–Trinajstić information content (AvgIpc) is 4.13. The molecule has 2 saturated carbocycles. The summed E-state index contributed by atoms with van der Waals surface area (Å²) in [6.07, 6.45) is -22.8. The van der Waals surface area contributed by atoms with Crippen LogP contribution in [-0.2, 0) is 40.1 Å². The minimum atomic E-state index is -5.77. The van der Waals surface area contributed by atoms with Gasteiger partial charge in [-0.3, -0.25) is 14.5 Å². The Bertz CT molecular complexity index is 2430. The van der Waals surface area contributed by atoms with Gasteiger partial charge in [0, 0.05) is 95.0 Å². The van der Waals surface area contributed by atoms with E-state index in [0.717, 1.165) is 41.1 Å². The lowest BCUT2D eigenvalue weighted by Gasteiger charge is -2.44. The van der Waals surface area contributed by atoms with Crippen molar-refractivity contribution in [1.82, 2.24) is 48.9 Å². The number of alkyl halides is 12. The summed E-state index contributed by atoms with van der Waals surface area (Å²) in [6, 6.07) is 0.593. The van der Waals surface area contributed by atoms with Crippen molar-refractivity contribution in [2.24, 2.45) is 0 Å². The van der Waals surface area contributed by atoms with Crippen LogP contribution >= 0.6 is 0 Å². The highest BCUT2D eigenvalue weighted by molar-refractivity contribution is 6.69. The van der Waals surface area contributed by atoms with Gasteiger partial charge in [0.2, 0.25) is 0 Å². The summed E-state index contributed by atoms with van der Waals surface area (Å²) in [5.74, 6) is 1.09. The van der Waals surface area contributed by atoms with Gasteiger partial charge in [-0.2, -0.15) is 52.7 Å². The molecule has 2 spiro atoms. The molecule has 78 heavy (non-hydrogen) atoms. The lowest BCUT2D eigenvalue weighted by atomic mass is 9.85. The second-order valence-electron chi connectivity index (χ2n) is 22.8. The van der Waals surface area contributed by atoms with Crippen molar-refractivity contribution in [3.8, 4) is 0 Å². The van der Waals surface area contributed by atoms with Crippen molar-refractivity contribution >= 4 is 32.3 Å². The standard InChI is InChI=1S/C22H27F6N5O3.C19H23F6N5O3.C7H16OSi/c23-21(24,25)18(22(26,27)28)36-19(35)30-8-5-20(6-9-30)4-1-7-33(20)17(34)15-12-32-11-10-31(14-2-3-14)13-16(32)29-15;20-18(21,22)15(19(23,24)25)33-16(32)28-7-3-17(4-8-28)2-1-6-30(17)14(31)12-11-29-9-5-26-10-13(29)27-12;1-7(5-6-7)8-9(2,3)4/h12,14,18H,1-11,13H2;11,15,26H,1-10H2;5-6H2,1-4H3. The largest absolute Gasteiger partial charge is 0.434 e. The van der Waals surface area contributed by atoms with Gasteiger partial charge in [-0.05, 0) is 104 Å². The number of piperidine rings is 2. The van der Waals surface area contributed by atoms with Crippen LogP contribution in [0.5, 0.6) is 0 Å². The summed E-state index contributed by atoms with van der Waals surface area (Å²) in [5, 5.41) is 3.17. The van der Waals surface area contributed by atoms with Crippen LogP contribution in [0.25, 0.3) is 0 Å². The van der Waals surface area contributed by atoms with E-state index in [0.29, 0.717) is 81.4 Å². The Morgan fingerprint density at radius 1 is 0.590 bits per heavy atom. The van der Waals surface area contributed by atoms with Gasteiger partial charge in [-0.1, -0.05) is 0 Å². The van der Waals surface area contributed by atoms with Crippen LogP contribution in [0, 0.1) is 0 Å². The second kappa shape index (κ2) is 21.9. The molecule has 438 valence electrons. The Morgan fingerprint density at radius 2 is 1.01 bits per heavy atom. The number of nitrogens with zero attached hydrogens (tertiary/aromatic N) is 9. The Morgan fingerprint density at radius 3 is 1.38 bits per heavy atom. The van der Waals surface area contributed by atoms with Gasteiger partial charge in [-0.15, -0.1) is 0 Å². The average molecular weight is 1150 g/mol. The highest BCUT2D eigenvalue weighted by atomic mass is 28.4. The molecule has 2 aromatic rings.